The van der Waals surface area contributed by atoms with Crippen molar-refractivity contribution in [3.63, 3.8) is 0 Å². The summed E-state index contributed by atoms with van der Waals surface area (Å²) >= 11 is 0. The molecule has 0 heterocycles. The second kappa shape index (κ2) is 13.7. The zero-order valence-corrected chi connectivity index (χ0v) is 33.3. The molecule has 0 saturated heterocycles. The summed E-state index contributed by atoms with van der Waals surface area (Å²) in [6.45, 7) is 4.71. The van der Waals surface area contributed by atoms with Crippen LogP contribution in [0.25, 0.3) is 44.5 Å². The third-order valence-corrected chi connectivity index (χ3v) is 13.0. The van der Waals surface area contributed by atoms with Crippen LogP contribution in [-0.2, 0) is 10.8 Å². The molecule has 11 rings (SSSR count). The molecule has 0 bridgehead atoms. The van der Waals surface area contributed by atoms with E-state index in [1.165, 1.54) is 77.9 Å². The summed E-state index contributed by atoms with van der Waals surface area (Å²) in [6, 6.07) is 83.0. The highest BCUT2D eigenvalue weighted by molar-refractivity contribution is 5.91. The van der Waals surface area contributed by atoms with Crippen LogP contribution in [0, 0.1) is 0 Å². The average Bonchev–Trinajstić information content (AvgIpc) is 3.73. The average molecular weight is 754 g/mol. The molecular weight excluding hydrogens is 711 g/mol. The first-order chi connectivity index (χ1) is 29.0. The Balaban J connectivity index is 1.10. The topological polar surface area (TPSA) is 3.24 Å². The van der Waals surface area contributed by atoms with Crippen molar-refractivity contribution in [3.8, 4) is 44.5 Å². The summed E-state index contributed by atoms with van der Waals surface area (Å²) in [7, 11) is 0. The van der Waals surface area contributed by atoms with Crippen molar-refractivity contribution in [3.05, 3.63) is 258 Å². The van der Waals surface area contributed by atoms with Gasteiger partial charge in [-0.15, -0.1) is 0 Å². The normalized spacial score (nSPS) is 13.9. The predicted molar refractivity (Wildman–Crippen MR) is 247 cm³/mol. The minimum Gasteiger partial charge on any atom is -0.310 e. The van der Waals surface area contributed by atoms with Gasteiger partial charge < -0.3 is 4.90 Å². The first-order valence-corrected chi connectivity index (χ1v) is 20.7. The van der Waals surface area contributed by atoms with E-state index in [0.717, 1.165) is 17.1 Å². The Labute approximate surface area is 347 Å². The van der Waals surface area contributed by atoms with Crippen LogP contribution in [0.5, 0.6) is 0 Å². The number of rotatable bonds is 7. The number of fused-ring (bicyclic) bond motifs is 6. The maximum atomic E-state index is 2.46. The summed E-state index contributed by atoms with van der Waals surface area (Å²) in [4.78, 5) is 2.44. The summed E-state index contributed by atoms with van der Waals surface area (Å²) in [6.07, 6.45) is 0. The van der Waals surface area contributed by atoms with Gasteiger partial charge in [0.05, 0.1) is 5.41 Å². The smallest absolute Gasteiger partial charge is 0.0714 e. The highest BCUT2D eigenvalue weighted by Crippen LogP contribution is 2.57. The number of nitrogens with zero attached hydrogens (tertiary/aromatic N) is 1. The second-order valence-electron chi connectivity index (χ2n) is 16.5. The number of hydrogen-bond donors (Lipinski definition) is 0. The van der Waals surface area contributed by atoms with Crippen molar-refractivity contribution >= 4 is 17.1 Å². The molecule has 2 aliphatic carbocycles. The largest absolute Gasteiger partial charge is 0.310 e. The third-order valence-electron chi connectivity index (χ3n) is 13.0. The van der Waals surface area contributed by atoms with Gasteiger partial charge in [-0.1, -0.05) is 196 Å². The van der Waals surface area contributed by atoms with Crippen LogP contribution in [0.15, 0.2) is 224 Å². The number of benzene rings is 9. The molecule has 0 fully saturated rings. The van der Waals surface area contributed by atoms with E-state index in [0.29, 0.717) is 0 Å². The molecule has 0 saturated carbocycles. The molecule has 1 heteroatoms. The van der Waals surface area contributed by atoms with E-state index in [4.69, 9.17) is 0 Å². The highest BCUT2D eigenvalue weighted by Gasteiger charge is 2.46. The Bertz CT molecular complexity index is 2960. The summed E-state index contributed by atoms with van der Waals surface area (Å²) in [5.41, 5.74) is 20.7. The zero-order chi connectivity index (χ0) is 39.6. The maximum absolute atomic E-state index is 2.46. The van der Waals surface area contributed by atoms with Gasteiger partial charge in [-0.25, -0.2) is 0 Å². The van der Waals surface area contributed by atoms with Gasteiger partial charge in [-0.2, -0.15) is 0 Å². The van der Waals surface area contributed by atoms with E-state index >= 15 is 0 Å². The fourth-order valence-corrected chi connectivity index (χ4v) is 10.2. The summed E-state index contributed by atoms with van der Waals surface area (Å²) < 4.78 is 0. The maximum Gasteiger partial charge on any atom is 0.0714 e. The molecule has 0 aliphatic heterocycles. The Morgan fingerprint density at radius 1 is 0.288 bits per heavy atom. The highest BCUT2D eigenvalue weighted by atomic mass is 15.1. The van der Waals surface area contributed by atoms with Crippen LogP contribution < -0.4 is 4.90 Å². The Hall–Kier alpha value is -7.22. The Morgan fingerprint density at radius 3 is 1.44 bits per heavy atom. The minimum absolute atomic E-state index is 0.0713. The first-order valence-electron chi connectivity index (χ1n) is 20.7. The molecule has 0 aromatic heterocycles. The van der Waals surface area contributed by atoms with Gasteiger partial charge in [-0.05, 0) is 120 Å². The van der Waals surface area contributed by atoms with Crippen molar-refractivity contribution < 1.29 is 0 Å². The second-order valence-corrected chi connectivity index (χ2v) is 16.5. The lowest BCUT2D eigenvalue weighted by Crippen LogP contribution is -2.28. The SMILES string of the molecule is CC1(C)c2ccccc2-c2ccc(-c3cccc(N(c4ccc(-c5ccccc5)cc4)c4ccc5c(c4)C(c4ccccc4)(c4ccccc4)c4ccccc4-5)c3)cc21. The molecule has 59 heavy (non-hydrogen) atoms. The number of hydrogen-bond acceptors (Lipinski definition) is 1. The van der Waals surface area contributed by atoms with Gasteiger partial charge in [0.15, 0.2) is 0 Å². The van der Waals surface area contributed by atoms with Gasteiger partial charge in [-0.3, -0.25) is 0 Å². The standard InChI is InChI=1S/C58H43N/c1-57(2)53-27-14-12-25-49(53)51-35-31-43(38-55(51)57)42-19-16-24-47(37-42)59(46-32-29-41(30-33-46)40-17-6-3-7-18-40)48-34-36-52-50-26-13-15-28-54(50)58(56(52)39-48,44-20-8-4-9-21-44)45-22-10-5-11-23-45/h3-39H,1-2H3. The zero-order valence-electron chi connectivity index (χ0n) is 33.3. The lowest BCUT2D eigenvalue weighted by molar-refractivity contribution is 0.660. The van der Waals surface area contributed by atoms with Crippen molar-refractivity contribution in [1.29, 1.82) is 0 Å². The van der Waals surface area contributed by atoms with Crippen molar-refractivity contribution in [2.75, 3.05) is 4.90 Å². The molecule has 1 nitrogen and oxygen atoms in total. The molecule has 0 N–H and O–H groups in total. The van der Waals surface area contributed by atoms with E-state index < -0.39 is 5.41 Å². The minimum atomic E-state index is -0.496. The van der Waals surface area contributed by atoms with Crippen LogP contribution in [0.2, 0.25) is 0 Å². The predicted octanol–water partition coefficient (Wildman–Crippen LogP) is 15.2. The molecule has 0 atom stereocenters. The quantitative estimate of drug-likeness (QED) is 0.157. The molecule has 0 radical (unpaired) electrons. The van der Waals surface area contributed by atoms with Crippen LogP contribution in [-0.4, -0.2) is 0 Å². The van der Waals surface area contributed by atoms with Crippen molar-refractivity contribution in [2.24, 2.45) is 0 Å². The lowest BCUT2D eigenvalue weighted by Gasteiger charge is -2.35. The third kappa shape index (κ3) is 5.46. The van der Waals surface area contributed by atoms with Gasteiger partial charge in [0.1, 0.15) is 0 Å². The molecule has 0 spiro atoms. The van der Waals surface area contributed by atoms with Crippen LogP contribution in [0.4, 0.5) is 17.1 Å². The molecular formula is C58H43N. The van der Waals surface area contributed by atoms with E-state index in [-0.39, 0.29) is 5.41 Å². The van der Waals surface area contributed by atoms with Gasteiger partial charge >= 0.3 is 0 Å². The fourth-order valence-electron chi connectivity index (χ4n) is 10.2. The first kappa shape index (κ1) is 35.0. The Morgan fingerprint density at radius 2 is 0.746 bits per heavy atom. The Kier molecular flexibility index (Phi) is 8.13. The molecule has 0 amide bonds. The van der Waals surface area contributed by atoms with Crippen molar-refractivity contribution in [2.45, 2.75) is 24.7 Å². The molecule has 9 aromatic rings. The molecule has 9 aromatic carbocycles. The van der Waals surface area contributed by atoms with Crippen LogP contribution >= 0.6 is 0 Å². The van der Waals surface area contributed by atoms with Gasteiger partial charge in [0.25, 0.3) is 0 Å². The molecule has 2 aliphatic rings. The van der Waals surface area contributed by atoms with E-state index in [1.807, 2.05) is 0 Å². The molecule has 0 unspecified atom stereocenters. The van der Waals surface area contributed by atoms with Gasteiger partial charge in [0.2, 0.25) is 0 Å². The van der Waals surface area contributed by atoms with E-state index in [2.05, 4.69) is 243 Å². The summed E-state index contributed by atoms with van der Waals surface area (Å²) in [5, 5.41) is 0. The fraction of sp³-hybridized carbons (Fsp3) is 0.0690. The van der Waals surface area contributed by atoms with E-state index in [9.17, 15) is 0 Å². The monoisotopic (exact) mass is 753 g/mol. The van der Waals surface area contributed by atoms with Crippen LogP contribution in [0.3, 0.4) is 0 Å². The number of anilines is 3. The lowest BCUT2D eigenvalue weighted by atomic mass is 9.67. The van der Waals surface area contributed by atoms with Gasteiger partial charge in [0, 0.05) is 22.5 Å². The van der Waals surface area contributed by atoms with E-state index in [1.54, 1.807) is 0 Å². The van der Waals surface area contributed by atoms with Crippen LogP contribution in [0.1, 0.15) is 47.2 Å². The summed E-state index contributed by atoms with van der Waals surface area (Å²) in [5.74, 6) is 0. The van der Waals surface area contributed by atoms with Crippen molar-refractivity contribution in [1.82, 2.24) is 0 Å². The molecule has 280 valence electrons.